The lowest BCUT2D eigenvalue weighted by Gasteiger charge is -2.00. The van der Waals surface area contributed by atoms with Gasteiger partial charge in [-0.05, 0) is 24.3 Å². The molecule has 3 aromatic rings. The Labute approximate surface area is 96.5 Å². The zero-order valence-corrected chi connectivity index (χ0v) is 8.81. The minimum absolute atomic E-state index is 0.257. The average Bonchev–Trinajstić information content (AvgIpc) is 3.00. The fourth-order valence-corrected chi connectivity index (χ4v) is 1.71. The van der Waals surface area contributed by atoms with Gasteiger partial charge in [-0.15, -0.1) is 0 Å². The molecule has 0 aliphatic heterocycles. The average molecular weight is 228 g/mol. The van der Waals surface area contributed by atoms with Crippen LogP contribution < -0.4 is 0 Å². The van der Waals surface area contributed by atoms with Crippen molar-refractivity contribution in [1.29, 1.82) is 0 Å². The first-order valence-corrected chi connectivity index (χ1v) is 5.13. The molecule has 0 amide bonds. The van der Waals surface area contributed by atoms with Gasteiger partial charge in [0.2, 0.25) is 0 Å². The van der Waals surface area contributed by atoms with Crippen molar-refractivity contribution in [2.45, 2.75) is 0 Å². The molecule has 17 heavy (non-hydrogen) atoms. The molecule has 0 atom stereocenters. The molecule has 0 saturated carbocycles. The molecule has 2 heterocycles. The summed E-state index contributed by atoms with van der Waals surface area (Å²) in [6.45, 7) is 0. The first kappa shape index (κ1) is 9.77. The Morgan fingerprint density at radius 2 is 1.94 bits per heavy atom. The Morgan fingerprint density at radius 3 is 2.65 bits per heavy atom. The second-order valence-electron chi connectivity index (χ2n) is 3.60. The summed E-state index contributed by atoms with van der Waals surface area (Å²) in [6.07, 6.45) is 5.12. The maximum absolute atomic E-state index is 12.9. The van der Waals surface area contributed by atoms with Gasteiger partial charge >= 0.3 is 0 Å². The van der Waals surface area contributed by atoms with Gasteiger partial charge in [0.1, 0.15) is 11.6 Å². The number of halogens is 1. The molecule has 3 rings (SSSR count). The van der Waals surface area contributed by atoms with E-state index >= 15 is 0 Å². The molecule has 0 aliphatic rings. The Bertz CT molecular complexity index is 610. The van der Waals surface area contributed by atoms with Crippen molar-refractivity contribution in [2.75, 3.05) is 0 Å². The number of aromatic amines is 2. The quantitative estimate of drug-likeness (QED) is 0.708. The Hall–Kier alpha value is -2.43. The Balaban J connectivity index is 2.10. The van der Waals surface area contributed by atoms with Crippen LogP contribution in [0.1, 0.15) is 0 Å². The molecule has 2 aromatic heterocycles. The van der Waals surface area contributed by atoms with Gasteiger partial charge in [0.15, 0.2) is 0 Å². The van der Waals surface area contributed by atoms with Crippen LogP contribution in [0.15, 0.2) is 42.9 Å². The van der Waals surface area contributed by atoms with E-state index in [0.29, 0.717) is 0 Å². The molecule has 0 spiro atoms. The highest BCUT2D eigenvalue weighted by Crippen LogP contribution is 2.27. The van der Waals surface area contributed by atoms with Crippen molar-refractivity contribution in [3.05, 3.63) is 48.7 Å². The number of hydrogen-bond acceptors (Lipinski definition) is 2. The second kappa shape index (κ2) is 3.86. The van der Waals surface area contributed by atoms with Crippen molar-refractivity contribution in [1.82, 2.24) is 20.2 Å². The van der Waals surface area contributed by atoms with Gasteiger partial charge in [-0.2, -0.15) is 5.10 Å². The van der Waals surface area contributed by atoms with Gasteiger partial charge in [0, 0.05) is 18.0 Å². The van der Waals surface area contributed by atoms with Gasteiger partial charge in [-0.3, -0.25) is 5.10 Å². The predicted molar refractivity (Wildman–Crippen MR) is 61.6 cm³/mol. The lowest BCUT2D eigenvalue weighted by Crippen LogP contribution is -1.84. The summed E-state index contributed by atoms with van der Waals surface area (Å²) in [5, 5.41) is 6.90. The molecule has 2 N–H and O–H groups in total. The van der Waals surface area contributed by atoms with E-state index in [1.54, 1.807) is 30.7 Å². The third kappa shape index (κ3) is 1.71. The van der Waals surface area contributed by atoms with Crippen LogP contribution in [-0.2, 0) is 0 Å². The fourth-order valence-electron chi connectivity index (χ4n) is 1.71. The minimum atomic E-state index is -0.257. The second-order valence-corrected chi connectivity index (χ2v) is 3.60. The highest BCUT2D eigenvalue weighted by Gasteiger charge is 2.11. The largest absolute Gasteiger partial charge is 0.345 e. The summed E-state index contributed by atoms with van der Waals surface area (Å²) in [7, 11) is 0. The highest BCUT2D eigenvalue weighted by atomic mass is 19.1. The van der Waals surface area contributed by atoms with E-state index in [1.807, 2.05) is 0 Å². The first-order chi connectivity index (χ1) is 8.34. The molecule has 0 fully saturated rings. The Morgan fingerprint density at radius 1 is 1.12 bits per heavy atom. The maximum Gasteiger partial charge on any atom is 0.141 e. The summed E-state index contributed by atoms with van der Waals surface area (Å²) in [6, 6.07) is 6.24. The van der Waals surface area contributed by atoms with Crippen LogP contribution in [0.5, 0.6) is 0 Å². The molecule has 1 aromatic carbocycles. The van der Waals surface area contributed by atoms with Crippen LogP contribution in [0.25, 0.3) is 22.6 Å². The molecular weight excluding hydrogens is 219 g/mol. The number of nitrogens with zero attached hydrogens (tertiary/aromatic N) is 2. The predicted octanol–water partition coefficient (Wildman–Crippen LogP) is 2.61. The third-order valence-corrected chi connectivity index (χ3v) is 2.53. The van der Waals surface area contributed by atoms with E-state index < -0.39 is 0 Å². The van der Waals surface area contributed by atoms with E-state index in [9.17, 15) is 4.39 Å². The zero-order valence-electron chi connectivity index (χ0n) is 8.81. The number of imidazole rings is 1. The smallest absolute Gasteiger partial charge is 0.141 e. The van der Waals surface area contributed by atoms with Crippen molar-refractivity contribution in [3.63, 3.8) is 0 Å². The lowest BCUT2D eigenvalue weighted by atomic mass is 10.1. The van der Waals surface area contributed by atoms with E-state index in [-0.39, 0.29) is 5.82 Å². The van der Waals surface area contributed by atoms with Gasteiger partial charge in [-0.25, -0.2) is 9.37 Å². The van der Waals surface area contributed by atoms with Crippen molar-refractivity contribution >= 4 is 0 Å². The van der Waals surface area contributed by atoms with Crippen LogP contribution in [0, 0.1) is 5.82 Å². The van der Waals surface area contributed by atoms with E-state index in [0.717, 1.165) is 22.6 Å². The van der Waals surface area contributed by atoms with Crippen LogP contribution >= 0.6 is 0 Å². The molecule has 5 heteroatoms. The lowest BCUT2D eigenvalue weighted by molar-refractivity contribution is 0.628. The molecular formula is C12H9FN4. The SMILES string of the molecule is Fc1ccc(-c2[nH]ncc2-c2ncc[nH]2)cc1. The number of H-pyrrole nitrogens is 2. The summed E-state index contributed by atoms with van der Waals surface area (Å²) in [5.41, 5.74) is 2.55. The molecule has 4 nitrogen and oxygen atoms in total. The van der Waals surface area contributed by atoms with Gasteiger partial charge in [0.05, 0.1) is 17.5 Å². The highest BCUT2D eigenvalue weighted by molar-refractivity contribution is 5.76. The van der Waals surface area contributed by atoms with Gasteiger partial charge in [0.25, 0.3) is 0 Å². The normalized spacial score (nSPS) is 10.6. The number of nitrogens with one attached hydrogen (secondary N) is 2. The van der Waals surface area contributed by atoms with Crippen LogP contribution in [0.2, 0.25) is 0 Å². The van der Waals surface area contributed by atoms with Gasteiger partial charge < -0.3 is 4.98 Å². The van der Waals surface area contributed by atoms with Crippen molar-refractivity contribution in [2.24, 2.45) is 0 Å². The monoisotopic (exact) mass is 228 g/mol. The molecule has 0 radical (unpaired) electrons. The number of rotatable bonds is 2. The Kier molecular flexibility index (Phi) is 2.22. The van der Waals surface area contributed by atoms with Crippen molar-refractivity contribution in [3.8, 4) is 22.6 Å². The van der Waals surface area contributed by atoms with Crippen LogP contribution in [0.4, 0.5) is 4.39 Å². The standard InChI is InChI=1S/C12H9FN4/c13-9-3-1-8(2-4-9)11-10(7-16-17-11)12-14-5-6-15-12/h1-7H,(H,14,15)(H,16,17). The summed E-state index contributed by atoms with van der Waals surface area (Å²) in [5.74, 6) is 0.478. The molecule has 0 unspecified atom stereocenters. The van der Waals surface area contributed by atoms with Crippen LogP contribution in [-0.4, -0.2) is 20.2 Å². The number of aromatic nitrogens is 4. The van der Waals surface area contributed by atoms with E-state index in [4.69, 9.17) is 0 Å². The minimum Gasteiger partial charge on any atom is -0.345 e. The summed E-state index contributed by atoms with van der Waals surface area (Å²) >= 11 is 0. The fraction of sp³-hybridized carbons (Fsp3) is 0. The summed E-state index contributed by atoms with van der Waals surface area (Å²) < 4.78 is 12.9. The van der Waals surface area contributed by atoms with E-state index in [2.05, 4.69) is 20.2 Å². The van der Waals surface area contributed by atoms with E-state index in [1.165, 1.54) is 12.1 Å². The third-order valence-electron chi connectivity index (χ3n) is 2.53. The first-order valence-electron chi connectivity index (χ1n) is 5.13. The number of benzene rings is 1. The molecule has 84 valence electrons. The number of hydrogen-bond donors (Lipinski definition) is 2. The molecule has 0 aliphatic carbocycles. The topological polar surface area (TPSA) is 57.4 Å². The van der Waals surface area contributed by atoms with Gasteiger partial charge in [-0.1, -0.05) is 0 Å². The van der Waals surface area contributed by atoms with Crippen LogP contribution in [0.3, 0.4) is 0 Å². The molecule has 0 bridgehead atoms. The van der Waals surface area contributed by atoms with Crippen molar-refractivity contribution < 1.29 is 4.39 Å². The summed E-state index contributed by atoms with van der Waals surface area (Å²) in [4.78, 5) is 7.19. The molecule has 0 saturated heterocycles. The zero-order chi connectivity index (χ0) is 11.7. The maximum atomic E-state index is 12.9.